The quantitative estimate of drug-likeness (QED) is 0.459. The molecule has 1 aromatic carbocycles. The predicted octanol–water partition coefficient (Wildman–Crippen LogP) is 1.90. The van der Waals surface area contributed by atoms with Crippen molar-refractivity contribution in [3.63, 3.8) is 0 Å². The third kappa shape index (κ3) is 1.92. The number of aryl methyl sites for hydroxylation is 1. The Labute approximate surface area is 96.7 Å². The maximum absolute atomic E-state index is 11.0. The number of imidazole rings is 1. The van der Waals surface area contributed by atoms with Crippen LogP contribution in [0.1, 0.15) is 16.2 Å². The Balaban J connectivity index is 2.60. The van der Waals surface area contributed by atoms with E-state index in [1.165, 1.54) is 18.2 Å². The highest BCUT2D eigenvalue weighted by molar-refractivity contribution is 5.82. The van der Waals surface area contributed by atoms with Gasteiger partial charge in [-0.05, 0) is 13.0 Å². The van der Waals surface area contributed by atoms with E-state index in [-0.39, 0.29) is 11.3 Å². The maximum atomic E-state index is 11.0. The SMILES string of the molecule is Cc1nccn1-c1ccc([N+](=O)[O-])cc1C=O. The summed E-state index contributed by atoms with van der Waals surface area (Å²) >= 11 is 0. The molecule has 0 amide bonds. The van der Waals surface area contributed by atoms with Gasteiger partial charge >= 0.3 is 0 Å². The van der Waals surface area contributed by atoms with Crippen LogP contribution < -0.4 is 0 Å². The number of non-ortho nitro benzene ring substituents is 1. The van der Waals surface area contributed by atoms with Crippen molar-refractivity contribution < 1.29 is 9.72 Å². The molecule has 0 saturated heterocycles. The van der Waals surface area contributed by atoms with Gasteiger partial charge in [0.25, 0.3) is 5.69 Å². The fourth-order valence-corrected chi connectivity index (χ4v) is 1.60. The normalized spacial score (nSPS) is 10.2. The van der Waals surface area contributed by atoms with Crippen molar-refractivity contribution in [1.29, 1.82) is 0 Å². The smallest absolute Gasteiger partial charge is 0.270 e. The Bertz CT molecular complexity index is 589. The molecule has 17 heavy (non-hydrogen) atoms. The number of carbonyl (C=O) groups excluding carboxylic acids is 1. The summed E-state index contributed by atoms with van der Waals surface area (Å²) in [6.07, 6.45) is 3.90. The number of aromatic nitrogens is 2. The first-order chi connectivity index (χ1) is 8.13. The van der Waals surface area contributed by atoms with Crippen molar-refractivity contribution in [2.45, 2.75) is 6.92 Å². The first kappa shape index (κ1) is 11.0. The van der Waals surface area contributed by atoms with E-state index in [0.717, 1.165) is 0 Å². The number of benzene rings is 1. The summed E-state index contributed by atoms with van der Waals surface area (Å²) in [5.41, 5.74) is 0.745. The molecule has 0 fully saturated rings. The summed E-state index contributed by atoms with van der Waals surface area (Å²) in [5.74, 6) is 0.710. The van der Waals surface area contributed by atoms with Crippen LogP contribution in [-0.4, -0.2) is 20.8 Å². The molecule has 0 N–H and O–H groups in total. The number of nitro groups is 1. The fraction of sp³-hybridized carbons (Fsp3) is 0.0909. The van der Waals surface area contributed by atoms with Gasteiger partial charge in [0.1, 0.15) is 5.82 Å². The van der Waals surface area contributed by atoms with Crippen LogP contribution in [0.15, 0.2) is 30.6 Å². The van der Waals surface area contributed by atoms with E-state index in [1.54, 1.807) is 23.9 Å². The molecule has 0 aliphatic carbocycles. The lowest BCUT2D eigenvalue weighted by Crippen LogP contribution is -2.01. The second-order valence-electron chi connectivity index (χ2n) is 3.46. The topological polar surface area (TPSA) is 78.0 Å². The zero-order chi connectivity index (χ0) is 12.4. The largest absolute Gasteiger partial charge is 0.303 e. The average Bonchev–Trinajstić information content (AvgIpc) is 2.74. The Hall–Kier alpha value is -2.50. The van der Waals surface area contributed by atoms with Crippen LogP contribution in [0.25, 0.3) is 5.69 Å². The molecule has 86 valence electrons. The van der Waals surface area contributed by atoms with Crippen LogP contribution in [0.2, 0.25) is 0 Å². The van der Waals surface area contributed by atoms with Crippen molar-refractivity contribution in [2.24, 2.45) is 0 Å². The van der Waals surface area contributed by atoms with Gasteiger partial charge in [-0.1, -0.05) is 0 Å². The number of aldehydes is 1. The molecule has 0 aliphatic rings. The molecular weight excluding hydrogens is 222 g/mol. The first-order valence-corrected chi connectivity index (χ1v) is 4.87. The van der Waals surface area contributed by atoms with Gasteiger partial charge in [-0.15, -0.1) is 0 Å². The van der Waals surface area contributed by atoms with Crippen molar-refractivity contribution in [1.82, 2.24) is 9.55 Å². The van der Waals surface area contributed by atoms with E-state index in [4.69, 9.17) is 0 Å². The van der Waals surface area contributed by atoms with Gasteiger partial charge in [0, 0.05) is 30.1 Å². The van der Waals surface area contributed by atoms with Crippen molar-refractivity contribution in [2.75, 3.05) is 0 Å². The van der Waals surface area contributed by atoms with Crippen LogP contribution >= 0.6 is 0 Å². The number of rotatable bonds is 3. The number of hydrogen-bond acceptors (Lipinski definition) is 4. The molecule has 1 aromatic heterocycles. The number of nitro benzene ring substituents is 1. The molecule has 0 radical (unpaired) electrons. The number of carbonyl (C=O) groups is 1. The van der Waals surface area contributed by atoms with Crippen LogP contribution in [0.3, 0.4) is 0 Å². The summed E-state index contributed by atoms with van der Waals surface area (Å²) < 4.78 is 1.70. The van der Waals surface area contributed by atoms with Crippen LogP contribution in [0.5, 0.6) is 0 Å². The highest BCUT2D eigenvalue weighted by atomic mass is 16.6. The monoisotopic (exact) mass is 231 g/mol. The van der Waals surface area contributed by atoms with E-state index in [0.29, 0.717) is 17.8 Å². The highest BCUT2D eigenvalue weighted by Gasteiger charge is 2.12. The molecule has 1 heterocycles. The Kier molecular flexibility index (Phi) is 2.70. The van der Waals surface area contributed by atoms with E-state index in [9.17, 15) is 14.9 Å². The van der Waals surface area contributed by atoms with Gasteiger partial charge in [-0.25, -0.2) is 4.98 Å². The van der Waals surface area contributed by atoms with Crippen LogP contribution in [-0.2, 0) is 0 Å². The van der Waals surface area contributed by atoms with Gasteiger partial charge in [0.05, 0.1) is 10.6 Å². The Morgan fingerprint density at radius 3 is 2.76 bits per heavy atom. The van der Waals surface area contributed by atoms with Crippen molar-refractivity contribution >= 4 is 12.0 Å². The van der Waals surface area contributed by atoms with E-state index in [1.807, 2.05) is 0 Å². The molecule has 0 atom stereocenters. The zero-order valence-electron chi connectivity index (χ0n) is 9.03. The second-order valence-corrected chi connectivity index (χ2v) is 3.46. The third-order valence-corrected chi connectivity index (χ3v) is 2.43. The van der Waals surface area contributed by atoms with Gasteiger partial charge in [0.2, 0.25) is 0 Å². The Morgan fingerprint density at radius 1 is 1.47 bits per heavy atom. The molecule has 0 unspecified atom stereocenters. The van der Waals surface area contributed by atoms with Crippen molar-refractivity contribution in [3.05, 3.63) is 52.1 Å². The fourth-order valence-electron chi connectivity index (χ4n) is 1.60. The molecule has 2 aromatic rings. The molecule has 0 saturated carbocycles. The Morgan fingerprint density at radius 2 is 2.24 bits per heavy atom. The lowest BCUT2D eigenvalue weighted by Gasteiger charge is -2.07. The summed E-state index contributed by atoms with van der Waals surface area (Å²) in [6, 6.07) is 4.15. The van der Waals surface area contributed by atoms with Gasteiger partial charge in [0.15, 0.2) is 6.29 Å². The standard InChI is InChI=1S/C11H9N3O3/c1-8-12-4-5-13(8)11-3-2-10(14(16)17)6-9(11)7-15/h2-7H,1H3. The summed E-state index contributed by atoms with van der Waals surface area (Å²) in [4.78, 5) is 25.1. The average molecular weight is 231 g/mol. The zero-order valence-corrected chi connectivity index (χ0v) is 9.03. The summed E-state index contributed by atoms with van der Waals surface area (Å²) in [6.45, 7) is 1.79. The molecule has 0 aliphatic heterocycles. The molecular formula is C11H9N3O3. The lowest BCUT2D eigenvalue weighted by molar-refractivity contribution is -0.384. The van der Waals surface area contributed by atoms with E-state index >= 15 is 0 Å². The maximum Gasteiger partial charge on any atom is 0.270 e. The van der Waals surface area contributed by atoms with Gasteiger partial charge in [-0.3, -0.25) is 14.9 Å². The molecule has 6 heteroatoms. The molecule has 0 bridgehead atoms. The lowest BCUT2D eigenvalue weighted by atomic mass is 10.1. The number of hydrogen-bond donors (Lipinski definition) is 0. The van der Waals surface area contributed by atoms with Crippen LogP contribution in [0, 0.1) is 17.0 Å². The third-order valence-electron chi connectivity index (χ3n) is 2.43. The van der Waals surface area contributed by atoms with E-state index < -0.39 is 4.92 Å². The van der Waals surface area contributed by atoms with Gasteiger partial charge in [-0.2, -0.15) is 0 Å². The second kappa shape index (κ2) is 4.17. The minimum Gasteiger partial charge on any atom is -0.303 e. The summed E-state index contributed by atoms with van der Waals surface area (Å²) in [5, 5.41) is 10.6. The molecule has 2 rings (SSSR count). The molecule has 6 nitrogen and oxygen atoms in total. The molecule has 0 spiro atoms. The van der Waals surface area contributed by atoms with Crippen LogP contribution in [0.4, 0.5) is 5.69 Å². The van der Waals surface area contributed by atoms with E-state index in [2.05, 4.69) is 4.98 Å². The number of nitrogens with zero attached hydrogens (tertiary/aromatic N) is 3. The minimum atomic E-state index is -0.530. The van der Waals surface area contributed by atoms with Crippen molar-refractivity contribution in [3.8, 4) is 5.69 Å². The minimum absolute atomic E-state index is 0.103. The summed E-state index contributed by atoms with van der Waals surface area (Å²) in [7, 11) is 0. The van der Waals surface area contributed by atoms with Gasteiger partial charge < -0.3 is 4.57 Å². The first-order valence-electron chi connectivity index (χ1n) is 4.87. The highest BCUT2D eigenvalue weighted by Crippen LogP contribution is 2.20. The predicted molar refractivity (Wildman–Crippen MR) is 60.3 cm³/mol.